The third kappa shape index (κ3) is 3.87. The summed E-state index contributed by atoms with van der Waals surface area (Å²) in [6.07, 6.45) is 0.891. The highest BCUT2D eigenvalue weighted by Gasteiger charge is 2.16. The molecule has 0 amide bonds. The van der Waals surface area contributed by atoms with Gasteiger partial charge in [-0.05, 0) is 49.0 Å². The summed E-state index contributed by atoms with van der Waals surface area (Å²) in [6.45, 7) is 3.39. The zero-order valence-electron chi connectivity index (χ0n) is 10.4. The zero-order chi connectivity index (χ0) is 12.8. The van der Waals surface area contributed by atoms with Crippen molar-refractivity contribution in [3.8, 4) is 5.75 Å². The first-order chi connectivity index (χ1) is 8.12. The standard InChI is InChI=1S/C13H21ClN2O/c1-9(11(7-15)8-16)5-10-3-4-12(17-2)6-13(10)14/h3-4,6,9,11H,5,7-8,15-16H2,1-2H3. The van der Waals surface area contributed by atoms with E-state index in [9.17, 15) is 0 Å². The summed E-state index contributed by atoms with van der Waals surface area (Å²) < 4.78 is 5.12. The van der Waals surface area contributed by atoms with Crippen LogP contribution in [0.2, 0.25) is 5.02 Å². The molecular weight excluding hydrogens is 236 g/mol. The Morgan fingerprint density at radius 3 is 2.41 bits per heavy atom. The molecule has 0 spiro atoms. The van der Waals surface area contributed by atoms with E-state index in [1.807, 2.05) is 18.2 Å². The second-order valence-electron chi connectivity index (χ2n) is 4.37. The van der Waals surface area contributed by atoms with E-state index in [1.165, 1.54) is 0 Å². The van der Waals surface area contributed by atoms with E-state index in [0.717, 1.165) is 22.8 Å². The van der Waals surface area contributed by atoms with E-state index in [4.69, 9.17) is 27.8 Å². The lowest BCUT2D eigenvalue weighted by molar-refractivity contribution is 0.372. The molecule has 0 aliphatic heterocycles. The van der Waals surface area contributed by atoms with Crippen LogP contribution in [0.25, 0.3) is 0 Å². The average Bonchev–Trinajstić information content (AvgIpc) is 2.33. The molecule has 0 aromatic heterocycles. The maximum absolute atomic E-state index is 6.20. The minimum absolute atomic E-state index is 0.341. The monoisotopic (exact) mass is 256 g/mol. The van der Waals surface area contributed by atoms with Gasteiger partial charge in [-0.1, -0.05) is 24.6 Å². The molecule has 17 heavy (non-hydrogen) atoms. The summed E-state index contributed by atoms with van der Waals surface area (Å²) in [5.41, 5.74) is 12.5. The van der Waals surface area contributed by atoms with Crippen molar-refractivity contribution in [1.82, 2.24) is 0 Å². The van der Waals surface area contributed by atoms with Gasteiger partial charge in [-0.3, -0.25) is 0 Å². The van der Waals surface area contributed by atoms with Gasteiger partial charge in [0, 0.05) is 5.02 Å². The molecule has 1 aromatic rings. The second kappa shape index (κ2) is 6.84. The van der Waals surface area contributed by atoms with Crippen LogP contribution in [0.4, 0.5) is 0 Å². The Morgan fingerprint density at radius 1 is 1.29 bits per heavy atom. The topological polar surface area (TPSA) is 61.3 Å². The van der Waals surface area contributed by atoms with Gasteiger partial charge in [0.15, 0.2) is 0 Å². The Kier molecular flexibility index (Phi) is 5.75. The first-order valence-corrected chi connectivity index (χ1v) is 6.22. The van der Waals surface area contributed by atoms with Crippen LogP contribution in [0, 0.1) is 11.8 Å². The highest BCUT2D eigenvalue weighted by atomic mass is 35.5. The van der Waals surface area contributed by atoms with E-state index in [1.54, 1.807) is 7.11 Å². The van der Waals surface area contributed by atoms with Crippen LogP contribution in [0.15, 0.2) is 18.2 Å². The molecule has 1 atom stereocenters. The second-order valence-corrected chi connectivity index (χ2v) is 4.78. The first-order valence-electron chi connectivity index (χ1n) is 5.84. The minimum Gasteiger partial charge on any atom is -0.497 e. The van der Waals surface area contributed by atoms with Crippen molar-refractivity contribution in [2.45, 2.75) is 13.3 Å². The molecular formula is C13H21ClN2O. The lowest BCUT2D eigenvalue weighted by Gasteiger charge is -2.21. The van der Waals surface area contributed by atoms with E-state index < -0.39 is 0 Å². The molecule has 0 aliphatic rings. The molecule has 0 aliphatic carbocycles. The predicted octanol–water partition coefficient (Wildman–Crippen LogP) is 2.06. The van der Waals surface area contributed by atoms with Crippen LogP contribution in [0.3, 0.4) is 0 Å². The molecule has 0 saturated carbocycles. The summed E-state index contributed by atoms with van der Waals surface area (Å²) in [5.74, 6) is 1.55. The number of benzene rings is 1. The average molecular weight is 257 g/mol. The maximum Gasteiger partial charge on any atom is 0.120 e. The largest absolute Gasteiger partial charge is 0.497 e. The molecule has 4 N–H and O–H groups in total. The Morgan fingerprint density at radius 2 is 1.94 bits per heavy atom. The SMILES string of the molecule is COc1ccc(CC(C)C(CN)CN)c(Cl)c1. The van der Waals surface area contributed by atoms with Crippen molar-refractivity contribution in [2.75, 3.05) is 20.2 Å². The number of halogens is 1. The Balaban J connectivity index is 2.74. The summed E-state index contributed by atoms with van der Waals surface area (Å²) in [4.78, 5) is 0. The van der Waals surface area contributed by atoms with Gasteiger partial charge in [0.1, 0.15) is 5.75 Å². The van der Waals surface area contributed by atoms with Gasteiger partial charge in [0.2, 0.25) is 0 Å². The van der Waals surface area contributed by atoms with Crippen LogP contribution < -0.4 is 16.2 Å². The smallest absolute Gasteiger partial charge is 0.120 e. The molecule has 0 heterocycles. The summed E-state index contributed by atoms with van der Waals surface area (Å²) >= 11 is 6.20. The zero-order valence-corrected chi connectivity index (χ0v) is 11.2. The number of hydrogen-bond acceptors (Lipinski definition) is 3. The van der Waals surface area contributed by atoms with Gasteiger partial charge < -0.3 is 16.2 Å². The van der Waals surface area contributed by atoms with Gasteiger partial charge in [-0.25, -0.2) is 0 Å². The van der Waals surface area contributed by atoms with Crippen LogP contribution in [0.1, 0.15) is 12.5 Å². The molecule has 96 valence electrons. The highest BCUT2D eigenvalue weighted by Crippen LogP contribution is 2.26. The molecule has 0 bridgehead atoms. The van der Waals surface area contributed by atoms with Gasteiger partial charge in [-0.15, -0.1) is 0 Å². The fraction of sp³-hybridized carbons (Fsp3) is 0.538. The quantitative estimate of drug-likeness (QED) is 0.819. The molecule has 0 fully saturated rings. The van der Waals surface area contributed by atoms with Gasteiger partial charge in [0.25, 0.3) is 0 Å². The number of methoxy groups -OCH3 is 1. The Hall–Kier alpha value is -0.770. The fourth-order valence-electron chi connectivity index (χ4n) is 1.89. The minimum atomic E-state index is 0.341. The fourth-order valence-corrected chi connectivity index (χ4v) is 2.14. The van der Waals surface area contributed by atoms with Gasteiger partial charge in [0.05, 0.1) is 7.11 Å². The van der Waals surface area contributed by atoms with Crippen molar-refractivity contribution in [2.24, 2.45) is 23.3 Å². The molecule has 1 unspecified atom stereocenters. The molecule has 3 nitrogen and oxygen atoms in total. The van der Waals surface area contributed by atoms with Crippen molar-refractivity contribution >= 4 is 11.6 Å². The van der Waals surface area contributed by atoms with E-state index >= 15 is 0 Å². The third-order valence-electron chi connectivity index (χ3n) is 3.21. The summed E-state index contributed by atoms with van der Waals surface area (Å²) in [7, 11) is 1.63. The molecule has 0 radical (unpaired) electrons. The first kappa shape index (κ1) is 14.3. The van der Waals surface area contributed by atoms with Crippen molar-refractivity contribution in [3.05, 3.63) is 28.8 Å². The number of rotatable bonds is 6. The summed E-state index contributed by atoms with van der Waals surface area (Å²) in [6, 6.07) is 5.76. The molecule has 4 heteroatoms. The lowest BCUT2D eigenvalue weighted by Crippen LogP contribution is -2.30. The van der Waals surface area contributed by atoms with Crippen LogP contribution in [0.5, 0.6) is 5.75 Å². The van der Waals surface area contributed by atoms with Crippen LogP contribution >= 0.6 is 11.6 Å². The van der Waals surface area contributed by atoms with Crippen molar-refractivity contribution in [1.29, 1.82) is 0 Å². The molecule has 1 rings (SSSR count). The predicted molar refractivity (Wildman–Crippen MR) is 72.5 cm³/mol. The molecule has 0 saturated heterocycles. The lowest BCUT2D eigenvalue weighted by atomic mass is 9.88. The van der Waals surface area contributed by atoms with Crippen molar-refractivity contribution < 1.29 is 4.74 Å². The maximum atomic E-state index is 6.20. The van der Waals surface area contributed by atoms with E-state index in [0.29, 0.717) is 24.9 Å². The van der Waals surface area contributed by atoms with E-state index in [2.05, 4.69) is 6.92 Å². The van der Waals surface area contributed by atoms with Crippen LogP contribution in [-0.2, 0) is 6.42 Å². The van der Waals surface area contributed by atoms with Crippen molar-refractivity contribution in [3.63, 3.8) is 0 Å². The Bertz CT molecular complexity index is 353. The van der Waals surface area contributed by atoms with Gasteiger partial charge in [-0.2, -0.15) is 0 Å². The summed E-state index contributed by atoms with van der Waals surface area (Å²) in [5, 5.41) is 0.740. The number of nitrogens with two attached hydrogens (primary N) is 2. The van der Waals surface area contributed by atoms with E-state index in [-0.39, 0.29) is 0 Å². The Labute approximate surface area is 108 Å². The normalized spacial score (nSPS) is 12.8. The highest BCUT2D eigenvalue weighted by molar-refractivity contribution is 6.31. The van der Waals surface area contributed by atoms with Gasteiger partial charge >= 0.3 is 0 Å². The molecule has 1 aromatic carbocycles. The number of ether oxygens (including phenoxy) is 1. The van der Waals surface area contributed by atoms with Crippen LogP contribution in [-0.4, -0.2) is 20.2 Å². The number of hydrogen-bond donors (Lipinski definition) is 2. The third-order valence-corrected chi connectivity index (χ3v) is 3.56.